The topological polar surface area (TPSA) is 81.6 Å². The first-order chi connectivity index (χ1) is 12.8. The average Bonchev–Trinajstić information content (AvgIpc) is 3.42. The first-order valence-corrected chi connectivity index (χ1v) is 9.00. The van der Waals surface area contributed by atoms with Crippen LogP contribution in [-0.2, 0) is 10.2 Å². The molecule has 0 unspecified atom stereocenters. The highest BCUT2D eigenvalue weighted by atomic mass is 16.4. The van der Waals surface area contributed by atoms with Gasteiger partial charge in [0.15, 0.2) is 0 Å². The molecule has 2 aromatic carbocycles. The first-order valence-electron chi connectivity index (χ1n) is 9.00. The number of benzene rings is 2. The molecule has 1 saturated carbocycles. The van der Waals surface area contributed by atoms with Gasteiger partial charge in [-0.05, 0) is 40.0 Å². The summed E-state index contributed by atoms with van der Waals surface area (Å²) < 4.78 is 0. The number of carboxylic acids is 1. The fourth-order valence-electron chi connectivity index (χ4n) is 3.04. The molecule has 1 aliphatic rings. The quantitative estimate of drug-likeness (QED) is 0.655. The number of hydrogen-bond donors (Lipinski definition) is 1. The highest BCUT2D eigenvalue weighted by Crippen LogP contribution is 2.47. The second-order valence-corrected chi connectivity index (χ2v) is 7.96. The monoisotopic (exact) mass is 363 g/mol. The van der Waals surface area contributed by atoms with E-state index in [1.807, 2.05) is 0 Å². The largest absolute Gasteiger partial charge is 0.545 e. The lowest BCUT2D eigenvalue weighted by molar-refractivity contribution is -0.255. The molecule has 1 N–H and O–H groups in total. The number of carbonyl (C=O) groups excluding carboxylic acids is 2. The number of hydrazone groups is 1. The molecular weight excluding hydrogens is 340 g/mol. The summed E-state index contributed by atoms with van der Waals surface area (Å²) in [6.45, 7) is 6.54. The Morgan fingerprint density at radius 2 is 1.70 bits per heavy atom. The molecule has 0 aromatic heterocycles. The van der Waals surface area contributed by atoms with Gasteiger partial charge in [0.25, 0.3) is 0 Å². The van der Waals surface area contributed by atoms with Crippen molar-refractivity contribution in [3.05, 3.63) is 70.8 Å². The molecule has 0 radical (unpaired) electrons. The third-order valence-electron chi connectivity index (χ3n) is 4.87. The Morgan fingerprint density at radius 3 is 2.26 bits per heavy atom. The summed E-state index contributed by atoms with van der Waals surface area (Å²) in [6.07, 6.45) is 2.32. The molecule has 2 atom stereocenters. The number of aromatic carboxylic acids is 1. The number of carboxylic acid groups (broad SMARTS) is 1. The van der Waals surface area contributed by atoms with Crippen molar-refractivity contribution in [3.8, 4) is 0 Å². The standard InChI is InChI=1S/C22H24N2O3/c1-22(2,3)17-10-8-15(9-11-17)18-12-19(18)20(25)24-23-13-14-4-6-16(7-5-14)21(26)27/h4-11,13,18-19H,12H2,1-3H3,(H,24,25)(H,26,27)/p-1/b23-13-/t18-,19-/m0/s1. The lowest BCUT2D eigenvalue weighted by Crippen LogP contribution is -2.22. The maximum Gasteiger partial charge on any atom is 0.243 e. The van der Waals surface area contributed by atoms with Crippen molar-refractivity contribution in [2.75, 3.05) is 0 Å². The van der Waals surface area contributed by atoms with Crippen molar-refractivity contribution < 1.29 is 14.7 Å². The fraction of sp³-hybridized carbons (Fsp3) is 0.318. The van der Waals surface area contributed by atoms with Gasteiger partial charge in [-0.15, -0.1) is 0 Å². The molecule has 140 valence electrons. The van der Waals surface area contributed by atoms with E-state index in [1.54, 1.807) is 12.1 Å². The summed E-state index contributed by atoms with van der Waals surface area (Å²) in [4.78, 5) is 22.9. The zero-order valence-corrected chi connectivity index (χ0v) is 15.7. The van der Waals surface area contributed by atoms with Gasteiger partial charge in [-0.3, -0.25) is 4.79 Å². The molecule has 3 rings (SSSR count). The Morgan fingerprint density at radius 1 is 1.07 bits per heavy atom. The van der Waals surface area contributed by atoms with Crippen LogP contribution in [0.25, 0.3) is 0 Å². The molecule has 0 aliphatic heterocycles. The van der Waals surface area contributed by atoms with Crippen LogP contribution < -0.4 is 10.5 Å². The summed E-state index contributed by atoms with van der Waals surface area (Å²) in [5, 5.41) is 14.7. The van der Waals surface area contributed by atoms with Crippen molar-refractivity contribution in [2.45, 2.75) is 38.5 Å². The van der Waals surface area contributed by atoms with Gasteiger partial charge < -0.3 is 9.90 Å². The fourth-order valence-corrected chi connectivity index (χ4v) is 3.04. The highest BCUT2D eigenvalue weighted by molar-refractivity contribution is 5.88. The summed E-state index contributed by atoms with van der Waals surface area (Å²) in [7, 11) is 0. The van der Waals surface area contributed by atoms with E-state index in [9.17, 15) is 14.7 Å². The van der Waals surface area contributed by atoms with E-state index in [0.29, 0.717) is 5.56 Å². The Kier molecular flexibility index (Phi) is 5.13. The molecule has 0 saturated heterocycles. The minimum atomic E-state index is -1.22. The van der Waals surface area contributed by atoms with Crippen molar-refractivity contribution in [1.29, 1.82) is 0 Å². The van der Waals surface area contributed by atoms with Crippen molar-refractivity contribution in [1.82, 2.24) is 5.43 Å². The van der Waals surface area contributed by atoms with Gasteiger partial charge in [0.2, 0.25) is 5.91 Å². The number of hydrogen-bond acceptors (Lipinski definition) is 4. The van der Waals surface area contributed by atoms with Crippen LogP contribution in [-0.4, -0.2) is 18.1 Å². The molecule has 5 heteroatoms. The van der Waals surface area contributed by atoms with E-state index in [1.165, 1.54) is 29.5 Å². The highest BCUT2D eigenvalue weighted by Gasteiger charge is 2.43. The molecule has 1 aliphatic carbocycles. The number of rotatable bonds is 5. The number of nitrogens with zero attached hydrogens (tertiary/aromatic N) is 1. The van der Waals surface area contributed by atoms with E-state index in [-0.39, 0.29) is 28.7 Å². The molecule has 0 bridgehead atoms. The van der Waals surface area contributed by atoms with E-state index in [0.717, 1.165) is 6.42 Å². The predicted octanol–water partition coefficient (Wildman–Crippen LogP) is 2.60. The van der Waals surface area contributed by atoms with Gasteiger partial charge in [-0.25, -0.2) is 5.43 Å². The lowest BCUT2D eigenvalue weighted by atomic mass is 9.86. The maximum absolute atomic E-state index is 12.2. The summed E-state index contributed by atoms with van der Waals surface area (Å²) in [5.41, 5.74) is 5.96. The average molecular weight is 363 g/mol. The zero-order valence-electron chi connectivity index (χ0n) is 15.7. The second-order valence-electron chi connectivity index (χ2n) is 7.96. The number of carbonyl (C=O) groups is 2. The van der Waals surface area contributed by atoms with Gasteiger partial charge in [-0.1, -0.05) is 69.3 Å². The lowest BCUT2D eigenvalue weighted by Gasteiger charge is -2.19. The summed E-state index contributed by atoms with van der Waals surface area (Å²) in [6, 6.07) is 14.6. The van der Waals surface area contributed by atoms with Gasteiger partial charge in [0.05, 0.1) is 12.2 Å². The minimum absolute atomic E-state index is 0.0527. The van der Waals surface area contributed by atoms with Gasteiger partial charge in [-0.2, -0.15) is 5.10 Å². The van der Waals surface area contributed by atoms with Crippen LogP contribution in [0, 0.1) is 5.92 Å². The Bertz CT molecular complexity index is 862. The van der Waals surface area contributed by atoms with Gasteiger partial charge in [0, 0.05) is 5.92 Å². The van der Waals surface area contributed by atoms with Crippen LogP contribution >= 0.6 is 0 Å². The van der Waals surface area contributed by atoms with Crippen LogP contribution in [0.1, 0.15) is 60.2 Å². The van der Waals surface area contributed by atoms with Crippen LogP contribution in [0.2, 0.25) is 0 Å². The zero-order chi connectivity index (χ0) is 19.6. The van der Waals surface area contributed by atoms with E-state index >= 15 is 0 Å². The Balaban J connectivity index is 1.53. The second kappa shape index (κ2) is 7.35. The molecule has 0 spiro atoms. The molecule has 1 amide bonds. The first kappa shape index (κ1) is 18.8. The molecule has 1 fully saturated rings. The van der Waals surface area contributed by atoms with Crippen molar-refractivity contribution in [2.24, 2.45) is 11.0 Å². The minimum Gasteiger partial charge on any atom is -0.545 e. The van der Waals surface area contributed by atoms with Crippen molar-refractivity contribution >= 4 is 18.1 Å². The number of amides is 1. The molecule has 27 heavy (non-hydrogen) atoms. The SMILES string of the molecule is CC(C)(C)c1ccc([C@@H]2C[C@@H]2C(=O)N/N=C\c2ccc(C(=O)[O-])cc2)cc1. The van der Waals surface area contributed by atoms with Crippen LogP contribution in [0.3, 0.4) is 0 Å². The third-order valence-corrected chi connectivity index (χ3v) is 4.87. The predicted molar refractivity (Wildman–Crippen MR) is 102 cm³/mol. The normalized spacial score (nSPS) is 19.1. The van der Waals surface area contributed by atoms with Crippen LogP contribution in [0.5, 0.6) is 0 Å². The summed E-state index contributed by atoms with van der Waals surface area (Å²) >= 11 is 0. The van der Waals surface area contributed by atoms with E-state index < -0.39 is 5.97 Å². The molecule has 0 heterocycles. The summed E-state index contributed by atoms with van der Waals surface area (Å²) in [5.74, 6) is -1.12. The van der Waals surface area contributed by atoms with Crippen molar-refractivity contribution in [3.63, 3.8) is 0 Å². The Hall–Kier alpha value is -2.95. The van der Waals surface area contributed by atoms with Gasteiger partial charge >= 0.3 is 0 Å². The number of nitrogens with one attached hydrogen (secondary N) is 1. The smallest absolute Gasteiger partial charge is 0.243 e. The third kappa shape index (κ3) is 4.61. The Labute approximate surface area is 159 Å². The van der Waals surface area contributed by atoms with E-state index in [4.69, 9.17) is 0 Å². The van der Waals surface area contributed by atoms with Crippen LogP contribution in [0.15, 0.2) is 53.6 Å². The van der Waals surface area contributed by atoms with E-state index in [2.05, 4.69) is 55.6 Å². The molecular formula is C22H23N2O3-. The van der Waals surface area contributed by atoms with Gasteiger partial charge in [0.1, 0.15) is 0 Å². The van der Waals surface area contributed by atoms with Crippen LogP contribution in [0.4, 0.5) is 0 Å². The molecule has 2 aromatic rings. The maximum atomic E-state index is 12.2. The molecule has 5 nitrogen and oxygen atoms in total.